The lowest BCUT2D eigenvalue weighted by molar-refractivity contribution is 0.345. The minimum atomic E-state index is -0.262. The summed E-state index contributed by atoms with van der Waals surface area (Å²) >= 11 is 0. The van der Waals surface area contributed by atoms with Gasteiger partial charge in [-0.1, -0.05) is 39.5 Å². The van der Waals surface area contributed by atoms with E-state index in [1.807, 2.05) is 20.8 Å². The van der Waals surface area contributed by atoms with Crippen LogP contribution >= 0.6 is 0 Å². The Balaban J connectivity index is 3.14. The number of ether oxygens (including phenoxy) is 1. The highest BCUT2D eigenvalue weighted by Crippen LogP contribution is 2.33. The summed E-state index contributed by atoms with van der Waals surface area (Å²) in [6, 6.07) is 4.90. The van der Waals surface area contributed by atoms with Gasteiger partial charge < -0.3 is 4.74 Å². The number of benzene rings is 1. The maximum atomic E-state index is 13.7. The molecular formula is C13H17FO. The van der Waals surface area contributed by atoms with Gasteiger partial charge in [0, 0.05) is 5.56 Å². The first-order valence-electron chi connectivity index (χ1n) is 4.99. The van der Waals surface area contributed by atoms with Gasteiger partial charge in [-0.3, -0.25) is 0 Å². The molecule has 0 bridgehead atoms. The lowest BCUT2D eigenvalue weighted by Gasteiger charge is -2.23. The molecule has 0 aliphatic heterocycles. The molecule has 0 saturated carbocycles. The van der Waals surface area contributed by atoms with E-state index in [4.69, 9.17) is 4.74 Å². The molecular weight excluding hydrogens is 191 g/mol. The van der Waals surface area contributed by atoms with E-state index >= 15 is 0 Å². The molecule has 0 aliphatic carbocycles. The molecule has 0 heterocycles. The SMILES string of the molecule is C=CCOc1cccc(F)c1C(C)(C)C. The Bertz CT molecular complexity index is 350. The molecule has 1 aromatic rings. The van der Waals surface area contributed by atoms with Crippen LogP contribution in [0.3, 0.4) is 0 Å². The second kappa shape index (κ2) is 4.47. The maximum absolute atomic E-state index is 13.7. The monoisotopic (exact) mass is 208 g/mol. The molecule has 1 aromatic carbocycles. The largest absolute Gasteiger partial charge is 0.489 e. The van der Waals surface area contributed by atoms with Crippen LogP contribution in [-0.4, -0.2) is 6.61 Å². The summed E-state index contributed by atoms with van der Waals surface area (Å²) in [4.78, 5) is 0. The molecule has 0 aliphatic rings. The first-order chi connectivity index (χ1) is 6.96. The van der Waals surface area contributed by atoms with E-state index in [2.05, 4.69) is 6.58 Å². The standard InChI is InChI=1S/C13H17FO/c1-5-9-15-11-8-6-7-10(14)12(11)13(2,3)4/h5-8H,1,9H2,2-4H3. The second-order valence-corrected chi connectivity index (χ2v) is 4.46. The van der Waals surface area contributed by atoms with Crippen LogP contribution < -0.4 is 4.74 Å². The summed E-state index contributed by atoms with van der Waals surface area (Å²) < 4.78 is 19.1. The highest BCUT2D eigenvalue weighted by Gasteiger charge is 2.22. The molecule has 0 amide bonds. The molecule has 0 saturated heterocycles. The smallest absolute Gasteiger partial charge is 0.130 e. The minimum Gasteiger partial charge on any atom is -0.489 e. The van der Waals surface area contributed by atoms with E-state index in [0.717, 1.165) is 0 Å². The molecule has 82 valence electrons. The summed E-state index contributed by atoms with van der Waals surface area (Å²) in [6.45, 7) is 9.86. The van der Waals surface area contributed by atoms with Gasteiger partial charge in [-0.25, -0.2) is 4.39 Å². The van der Waals surface area contributed by atoms with Crippen molar-refractivity contribution in [1.29, 1.82) is 0 Å². The third-order valence-electron chi connectivity index (χ3n) is 2.08. The lowest BCUT2D eigenvalue weighted by atomic mass is 9.86. The Morgan fingerprint density at radius 1 is 1.40 bits per heavy atom. The van der Waals surface area contributed by atoms with E-state index in [-0.39, 0.29) is 11.2 Å². The summed E-state index contributed by atoms with van der Waals surface area (Å²) in [5.74, 6) is 0.381. The highest BCUT2D eigenvalue weighted by atomic mass is 19.1. The highest BCUT2D eigenvalue weighted by molar-refractivity contribution is 5.39. The number of halogens is 1. The van der Waals surface area contributed by atoms with Crippen molar-refractivity contribution < 1.29 is 9.13 Å². The van der Waals surface area contributed by atoms with Crippen LogP contribution in [0.15, 0.2) is 30.9 Å². The normalized spacial score (nSPS) is 11.2. The minimum absolute atomic E-state index is 0.218. The zero-order valence-electron chi connectivity index (χ0n) is 9.51. The van der Waals surface area contributed by atoms with Gasteiger partial charge in [-0.15, -0.1) is 0 Å². The molecule has 0 spiro atoms. The Kier molecular flexibility index (Phi) is 3.51. The van der Waals surface area contributed by atoms with Crippen molar-refractivity contribution in [1.82, 2.24) is 0 Å². The van der Waals surface area contributed by atoms with Crippen LogP contribution in [0, 0.1) is 5.82 Å². The lowest BCUT2D eigenvalue weighted by Crippen LogP contribution is -2.15. The van der Waals surface area contributed by atoms with Gasteiger partial charge in [0.15, 0.2) is 0 Å². The predicted octanol–water partition coefficient (Wildman–Crippen LogP) is 3.69. The zero-order valence-corrected chi connectivity index (χ0v) is 9.51. The summed E-state index contributed by atoms with van der Waals surface area (Å²) in [7, 11) is 0. The van der Waals surface area contributed by atoms with Crippen molar-refractivity contribution in [3.8, 4) is 5.75 Å². The molecule has 0 aromatic heterocycles. The second-order valence-electron chi connectivity index (χ2n) is 4.46. The van der Waals surface area contributed by atoms with Crippen molar-refractivity contribution in [2.75, 3.05) is 6.61 Å². The van der Waals surface area contributed by atoms with Gasteiger partial charge in [-0.2, -0.15) is 0 Å². The topological polar surface area (TPSA) is 9.23 Å². The van der Waals surface area contributed by atoms with Gasteiger partial charge in [-0.05, 0) is 17.5 Å². The summed E-state index contributed by atoms with van der Waals surface area (Å²) in [5.41, 5.74) is 0.355. The van der Waals surface area contributed by atoms with Gasteiger partial charge >= 0.3 is 0 Å². The fourth-order valence-electron chi connectivity index (χ4n) is 1.50. The molecule has 0 atom stereocenters. The molecule has 0 fully saturated rings. The molecule has 0 radical (unpaired) electrons. The number of hydrogen-bond donors (Lipinski definition) is 0. The molecule has 1 nitrogen and oxygen atoms in total. The van der Waals surface area contributed by atoms with Gasteiger partial charge in [0.25, 0.3) is 0 Å². The number of rotatable bonds is 3. The quantitative estimate of drug-likeness (QED) is 0.688. The average molecular weight is 208 g/mol. The first kappa shape index (κ1) is 11.8. The van der Waals surface area contributed by atoms with Crippen LogP contribution in [0.25, 0.3) is 0 Å². The Morgan fingerprint density at radius 2 is 2.07 bits per heavy atom. The third kappa shape index (κ3) is 2.82. The fourth-order valence-corrected chi connectivity index (χ4v) is 1.50. The van der Waals surface area contributed by atoms with Crippen molar-refractivity contribution in [3.63, 3.8) is 0 Å². The van der Waals surface area contributed by atoms with E-state index in [9.17, 15) is 4.39 Å². The van der Waals surface area contributed by atoms with Crippen molar-refractivity contribution in [2.45, 2.75) is 26.2 Å². The van der Waals surface area contributed by atoms with Gasteiger partial charge in [0.05, 0.1) is 0 Å². The first-order valence-corrected chi connectivity index (χ1v) is 4.99. The van der Waals surface area contributed by atoms with Crippen LogP contribution in [0.2, 0.25) is 0 Å². The fraction of sp³-hybridized carbons (Fsp3) is 0.385. The Labute approximate surface area is 90.6 Å². The van der Waals surface area contributed by atoms with Crippen molar-refractivity contribution in [3.05, 3.63) is 42.2 Å². The van der Waals surface area contributed by atoms with E-state index in [1.165, 1.54) is 6.07 Å². The van der Waals surface area contributed by atoms with Crippen molar-refractivity contribution in [2.24, 2.45) is 0 Å². The van der Waals surface area contributed by atoms with Crippen molar-refractivity contribution >= 4 is 0 Å². The molecule has 1 rings (SSSR count). The van der Waals surface area contributed by atoms with E-state index in [1.54, 1.807) is 18.2 Å². The van der Waals surface area contributed by atoms with E-state index < -0.39 is 0 Å². The zero-order chi connectivity index (χ0) is 11.5. The molecule has 0 N–H and O–H groups in total. The van der Waals surface area contributed by atoms with Crippen LogP contribution in [0.1, 0.15) is 26.3 Å². The summed E-state index contributed by atoms with van der Waals surface area (Å²) in [6.07, 6.45) is 1.65. The molecule has 0 unspecified atom stereocenters. The predicted molar refractivity (Wildman–Crippen MR) is 60.8 cm³/mol. The maximum Gasteiger partial charge on any atom is 0.130 e. The third-order valence-corrected chi connectivity index (χ3v) is 2.08. The molecule has 15 heavy (non-hydrogen) atoms. The van der Waals surface area contributed by atoms with Gasteiger partial charge in [0.2, 0.25) is 0 Å². The van der Waals surface area contributed by atoms with Crippen LogP contribution in [0.4, 0.5) is 4.39 Å². The van der Waals surface area contributed by atoms with E-state index in [0.29, 0.717) is 17.9 Å². The Hall–Kier alpha value is -1.31. The summed E-state index contributed by atoms with van der Waals surface area (Å²) in [5, 5.41) is 0. The number of hydrogen-bond acceptors (Lipinski definition) is 1. The molecule has 2 heteroatoms. The Morgan fingerprint density at radius 3 is 2.60 bits per heavy atom. The van der Waals surface area contributed by atoms with Crippen LogP contribution in [0.5, 0.6) is 5.75 Å². The van der Waals surface area contributed by atoms with Crippen LogP contribution in [-0.2, 0) is 5.41 Å². The van der Waals surface area contributed by atoms with Gasteiger partial charge in [0.1, 0.15) is 18.2 Å². The average Bonchev–Trinajstić information content (AvgIpc) is 2.12.